The number of aliphatic hydroxyl groups excluding tert-OH is 1. The van der Waals surface area contributed by atoms with Gasteiger partial charge in [-0.2, -0.15) is 0 Å². The van der Waals surface area contributed by atoms with Crippen LogP contribution in [0.15, 0.2) is 66.8 Å². The Kier molecular flexibility index (Phi) is 7.05. The summed E-state index contributed by atoms with van der Waals surface area (Å²) in [5, 5.41) is 11.3. The fourth-order valence-electron chi connectivity index (χ4n) is 4.31. The third-order valence-electron chi connectivity index (χ3n) is 6.00. The van der Waals surface area contributed by atoms with Crippen LogP contribution in [0.4, 0.5) is 0 Å². The normalized spacial score (nSPS) is 17.0. The van der Waals surface area contributed by atoms with Gasteiger partial charge in [0.15, 0.2) is 11.5 Å². The van der Waals surface area contributed by atoms with Crippen LogP contribution in [-0.4, -0.2) is 59.1 Å². The van der Waals surface area contributed by atoms with E-state index in [1.54, 1.807) is 55.0 Å². The molecule has 3 aromatic rings. The van der Waals surface area contributed by atoms with Crippen molar-refractivity contribution in [2.75, 3.05) is 27.9 Å². The molecule has 182 valence electrons. The molecule has 0 bridgehead atoms. The number of Topliss-reactive ketones (excluding diaryl/α,β-unsaturated/α-hetero) is 1. The van der Waals surface area contributed by atoms with Crippen LogP contribution in [0.2, 0.25) is 0 Å². The zero-order valence-electron chi connectivity index (χ0n) is 19.8. The maximum absolute atomic E-state index is 13.3. The van der Waals surface area contributed by atoms with E-state index in [2.05, 4.69) is 4.98 Å². The monoisotopic (exact) mass is 477 g/mol. The lowest BCUT2D eigenvalue weighted by Crippen LogP contribution is -2.31. The molecule has 4 rings (SSSR count). The summed E-state index contributed by atoms with van der Waals surface area (Å²) >= 11 is 0. The predicted octanol–water partition coefficient (Wildman–Crippen LogP) is 3.42. The van der Waals surface area contributed by atoms with Gasteiger partial charge in [0, 0.05) is 25.5 Å². The van der Waals surface area contributed by atoms with Crippen molar-refractivity contribution in [2.24, 2.45) is 0 Å². The third kappa shape index (κ3) is 4.57. The molecule has 0 aliphatic carbocycles. The number of aliphatic hydroxyl groups is 1. The molecule has 9 nitrogen and oxygen atoms in total. The maximum Gasteiger partial charge on any atom is 0.295 e. The number of carbonyl (C=O) groups is 2. The summed E-state index contributed by atoms with van der Waals surface area (Å²) in [5.41, 5.74) is 0.937. The van der Waals surface area contributed by atoms with Gasteiger partial charge in [-0.1, -0.05) is 18.2 Å². The second-order valence-corrected chi connectivity index (χ2v) is 7.96. The lowest BCUT2D eigenvalue weighted by Gasteiger charge is -2.26. The first-order valence-electron chi connectivity index (χ1n) is 11.1. The highest BCUT2D eigenvalue weighted by Crippen LogP contribution is 2.43. The smallest absolute Gasteiger partial charge is 0.295 e. The van der Waals surface area contributed by atoms with Crippen LogP contribution in [0.3, 0.4) is 0 Å². The summed E-state index contributed by atoms with van der Waals surface area (Å²) in [5.74, 6) is -0.368. The van der Waals surface area contributed by atoms with E-state index in [0.29, 0.717) is 47.9 Å². The van der Waals surface area contributed by atoms with E-state index in [1.165, 1.54) is 26.2 Å². The molecule has 35 heavy (non-hydrogen) atoms. The Labute approximate surface area is 203 Å². The average Bonchev–Trinajstić information content (AvgIpc) is 3.50. The molecule has 1 aliphatic heterocycles. The first kappa shape index (κ1) is 23.9. The topological polar surface area (TPSA) is 103 Å². The molecule has 2 heterocycles. The van der Waals surface area contributed by atoms with Gasteiger partial charge in [0.05, 0.1) is 44.8 Å². The van der Waals surface area contributed by atoms with E-state index < -0.39 is 17.7 Å². The molecule has 1 atom stereocenters. The number of methoxy groups -OCH3 is 3. The molecule has 0 radical (unpaired) electrons. The Morgan fingerprint density at radius 2 is 1.71 bits per heavy atom. The summed E-state index contributed by atoms with van der Waals surface area (Å²) in [6.07, 6.45) is 5.80. The number of para-hydroxylation sites is 1. The Morgan fingerprint density at radius 1 is 0.971 bits per heavy atom. The number of rotatable bonds is 9. The van der Waals surface area contributed by atoms with Crippen LogP contribution in [-0.2, 0) is 16.1 Å². The molecular formula is C26H27N3O6. The van der Waals surface area contributed by atoms with Gasteiger partial charge in [-0.25, -0.2) is 4.98 Å². The van der Waals surface area contributed by atoms with E-state index in [4.69, 9.17) is 14.2 Å². The molecule has 1 unspecified atom stereocenters. The number of carbonyl (C=O) groups excluding carboxylic acids is 2. The van der Waals surface area contributed by atoms with E-state index in [-0.39, 0.29) is 11.3 Å². The Balaban J connectivity index is 1.81. The Bertz CT molecular complexity index is 1250. The number of likely N-dealkylation sites (tertiary alicyclic amines) is 1. The first-order valence-corrected chi connectivity index (χ1v) is 11.1. The Hall–Kier alpha value is -4.27. The summed E-state index contributed by atoms with van der Waals surface area (Å²) < 4.78 is 18.1. The summed E-state index contributed by atoms with van der Waals surface area (Å²) in [6, 6.07) is 11.2. The van der Waals surface area contributed by atoms with Crippen LogP contribution in [0.25, 0.3) is 5.76 Å². The molecule has 1 saturated heterocycles. The maximum atomic E-state index is 13.3. The molecule has 9 heteroatoms. The van der Waals surface area contributed by atoms with Crippen LogP contribution >= 0.6 is 0 Å². The second kappa shape index (κ2) is 10.3. The van der Waals surface area contributed by atoms with Crippen molar-refractivity contribution in [1.29, 1.82) is 0 Å². The van der Waals surface area contributed by atoms with Crippen molar-refractivity contribution in [3.05, 3.63) is 77.9 Å². The number of hydrogen-bond acceptors (Lipinski definition) is 7. The van der Waals surface area contributed by atoms with Gasteiger partial charge in [0.25, 0.3) is 11.7 Å². The fourth-order valence-corrected chi connectivity index (χ4v) is 4.31. The van der Waals surface area contributed by atoms with E-state index in [1.807, 2.05) is 10.8 Å². The molecular weight excluding hydrogens is 450 g/mol. The minimum atomic E-state index is -0.817. The van der Waals surface area contributed by atoms with Gasteiger partial charge in [-0.15, -0.1) is 0 Å². The van der Waals surface area contributed by atoms with Crippen molar-refractivity contribution < 1.29 is 28.9 Å². The highest BCUT2D eigenvalue weighted by atomic mass is 16.5. The third-order valence-corrected chi connectivity index (χ3v) is 6.00. The summed E-state index contributed by atoms with van der Waals surface area (Å²) in [7, 11) is 4.52. The number of aryl methyl sites for hydroxylation is 1. The minimum absolute atomic E-state index is 0.00523. The Morgan fingerprint density at radius 3 is 2.40 bits per heavy atom. The van der Waals surface area contributed by atoms with Crippen LogP contribution in [0.1, 0.15) is 23.6 Å². The number of nitrogens with zero attached hydrogens (tertiary/aromatic N) is 3. The number of ketones is 1. The largest absolute Gasteiger partial charge is 0.507 e. The van der Waals surface area contributed by atoms with Crippen molar-refractivity contribution in [1.82, 2.24) is 14.5 Å². The lowest BCUT2D eigenvalue weighted by atomic mass is 9.94. The van der Waals surface area contributed by atoms with Crippen LogP contribution in [0, 0.1) is 0 Å². The number of imidazole rings is 1. The highest BCUT2D eigenvalue weighted by molar-refractivity contribution is 6.46. The molecule has 1 amide bonds. The number of amides is 1. The van der Waals surface area contributed by atoms with Crippen LogP contribution in [0.5, 0.6) is 17.2 Å². The van der Waals surface area contributed by atoms with E-state index >= 15 is 0 Å². The zero-order valence-corrected chi connectivity index (χ0v) is 19.8. The molecule has 0 saturated carbocycles. The average molecular weight is 478 g/mol. The molecule has 1 N–H and O–H groups in total. The quantitative estimate of drug-likeness (QED) is 0.286. The molecule has 1 aromatic heterocycles. The predicted molar refractivity (Wildman–Crippen MR) is 128 cm³/mol. The highest BCUT2D eigenvalue weighted by Gasteiger charge is 2.46. The van der Waals surface area contributed by atoms with Crippen molar-refractivity contribution in [3.8, 4) is 17.2 Å². The summed E-state index contributed by atoms with van der Waals surface area (Å²) in [4.78, 5) is 32.0. The number of ether oxygens (including phenoxy) is 3. The number of hydrogen-bond donors (Lipinski definition) is 1. The minimum Gasteiger partial charge on any atom is -0.507 e. The van der Waals surface area contributed by atoms with Crippen molar-refractivity contribution in [2.45, 2.75) is 19.0 Å². The molecule has 1 aliphatic rings. The number of benzene rings is 2. The fraction of sp³-hybridized carbons (Fsp3) is 0.269. The lowest BCUT2D eigenvalue weighted by molar-refractivity contribution is -0.139. The molecule has 2 aromatic carbocycles. The zero-order chi connectivity index (χ0) is 24.9. The molecule has 1 fully saturated rings. The molecule has 0 spiro atoms. The van der Waals surface area contributed by atoms with E-state index in [0.717, 1.165) is 0 Å². The van der Waals surface area contributed by atoms with Gasteiger partial charge >= 0.3 is 0 Å². The van der Waals surface area contributed by atoms with Gasteiger partial charge in [0.1, 0.15) is 11.5 Å². The first-order chi connectivity index (χ1) is 17.0. The second-order valence-electron chi connectivity index (χ2n) is 7.96. The summed E-state index contributed by atoms with van der Waals surface area (Å²) in [6.45, 7) is 0.915. The van der Waals surface area contributed by atoms with Gasteiger partial charge in [-0.05, 0) is 36.2 Å². The van der Waals surface area contributed by atoms with Crippen molar-refractivity contribution >= 4 is 17.4 Å². The SMILES string of the molecule is COc1ccc(C2/C(=C(\O)c3ccccc3OC)C(=O)C(=O)N2CCCn2ccnc2)cc1OC. The van der Waals surface area contributed by atoms with Crippen LogP contribution < -0.4 is 14.2 Å². The van der Waals surface area contributed by atoms with Gasteiger partial charge in [-0.3, -0.25) is 9.59 Å². The van der Waals surface area contributed by atoms with E-state index in [9.17, 15) is 14.7 Å². The van der Waals surface area contributed by atoms with Crippen molar-refractivity contribution in [3.63, 3.8) is 0 Å². The van der Waals surface area contributed by atoms with Gasteiger partial charge in [0.2, 0.25) is 0 Å². The number of aromatic nitrogens is 2. The standard InChI is InChI=1S/C26H27N3O6/c1-33-19-8-5-4-7-18(19)24(30)22-23(17-9-10-20(34-2)21(15-17)35-3)29(26(32)25(22)31)13-6-12-28-14-11-27-16-28/h4-5,7-11,14-16,23,30H,6,12-13H2,1-3H3/b24-22+. The van der Waals surface area contributed by atoms with Gasteiger partial charge < -0.3 is 28.8 Å².